The smallest absolute Gasteiger partial charge is 0.339 e. The van der Waals surface area contributed by atoms with Crippen LogP contribution in [0.4, 0.5) is 0 Å². The van der Waals surface area contributed by atoms with E-state index in [0.717, 1.165) is 0 Å². The molecule has 0 atom stereocenters. The SMILES string of the molecule is COC(=O)c1ccnnc1CBr. The van der Waals surface area contributed by atoms with E-state index in [1.807, 2.05) is 0 Å². The lowest BCUT2D eigenvalue weighted by Gasteiger charge is -2.01. The summed E-state index contributed by atoms with van der Waals surface area (Å²) in [6.07, 6.45) is 1.46. The van der Waals surface area contributed by atoms with Crippen LogP contribution in [0.5, 0.6) is 0 Å². The number of hydrogen-bond donors (Lipinski definition) is 0. The quantitative estimate of drug-likeness (QED) is 0.566. The Bertz CT molecular complexity index is 290. The van der Waals surface area contributed by atoms with Crippen LogP contribution < -0.4 is 0 Å². The molecule has 0 unspecified atom stereocenters. The molecule has 12 heavy (non-hydrogen) atoms. The summed E-state index contributed by atoms with van der Waals surface area (Å²) < 4.78 is 4.55. The number of esters is 1. The maximum Gasteiger partial charge on any atom is 0.339 e. The molecule has 0 spiro atoms. The Labute approximate surface area is 78.1 Å². The van der Waals surface area contributed by atoms with Crippen molar-refractivity contribution in [3.8, 4) is 0 Å². The monoisotopic (exact) mass is 230 g/mol. The molecule has 0 N–H and O–H groups in total. The molecule has 0 saturated heterocycles. The fourth-order valence-corrected chi connectivity index (χ4v) is 1.17. The van der Waals surface area contributed by atoms with Crippen LogP contribution >= 0.6 is 15.9 Å². The summed E-state index contributed by atoms with van der Waals surface area (Å²) in [5, 5.41) is 7.90. The maximum absolute atomic E-state index is 11.1. The van der Waals surface area contributed by atoms with Gasteiger partial charge in [0.2, 0.25) is 0 Å². The molecular formula is C7H7BrN2O2. The Hall–Kier alpha value is -0.970. The number of ether oxygens (including phenoxy) is 1. The zero-order valence-electron chi connectivity index (χ0n) is 6.45. The van der Waals surface area contributed by atoms with Gasteiger partial charge in [0.05, 0.1) is 24.6 Å². The number of alkyl halides is 1. The number of hydrogen-bond acceptors (Lipinski definition) is 4. The van der Waals surface area contributed by atoms with Crippen LogP contribution in [0.2, 0.25) is 0 Å². The molecule has 4 nitrogen and oxygen atoms in total. The van der Waals surface area contributed by atoms with Gasteiger partial charge in [-0.25, -0.2) is 4.79 Å². The number of carbonyl (C=O) groups excluding carboxylic acids is 1. The van der Waals surface area contributed by atoms with Crippen molar-refractivity contribution in [3.05, 3.63) is 23.5 Å². The lowest BCUT2D eigenvalue weighted by molar-refractivity contribution is 0.0599. The average molecular weight is 231 g/mol. The summed E-state index contributed by atoms with van der Waals surface area (Å²) in [5.41, 5.74) is 1.04. The van der Waals surface area contributed by atoms with Crippen LogP contribution in [0.1, 0.15) is 16.1 Å². The fraction of sp³-hybridized carbons (Fsp3) is 0.286. The van der Waals surface area contributed by atoms with Gasteiger partial charge in [0.15, 0.2) is 0 Å². The molecule has 5 heteroatoms. The molecule has 0 bridgehead atoms. The minimum atomic E-state index is -0.389. The molecular weight excluding hydrogens is 224 g/mol. The summed E-state index contributed by atoms with van der Waals surface area (Å²) in [7, 11) is 1.33. The van der Waals surface area contributed by atoms with Crippen molar-refractivity contribution >= 4 is 21.9 Å². The van der Waals surface area contributed by atoms with Crippen molar-refractivity contribution in [2.24, 2.45) is 0 Å². The van der Waals surface area contributed by atoms with E-state index in [9.17, 15) is 4.79 Å². The lowest BCUT2D eigenvalue weighted by atomic mass is 10.2. The number of nitrogens with zero attached hydrogens (tertiary/aromatic N) is 2. The van der Waals surface area contributed by atoms with E-state index in [1.165, 1.54) is 13.3 Å². The Kier molecular flexibility index (Phi) is 3.16. The minimum absolute atomic E-state index is 0.389. The molecule has 1 aromatic rings. The second kappa shape index (κ2) is 4.15. The highest BCUT2D eigenvalue weighted by molar-refractivity contribution is 9.08. The van der Waals surface area contributed by atoms with Gasteiger partial charge in [-0.1, -0.05) is 15.9 Å². The minimum Gasteiger partial charge on any atom is -0.465 e. The molecule has 0 saturated carbocycles. The van der Waals surface area contributed by atoms with Crippen molar-refractivity contribution in [3.63, 3.8) is 0 Å². The van der Waals surface area contributed by atoms with Gasteiger partial charge in [0, 0.05) is 5.33 Å². The van der Waals surface area contributed by atoms with E-state index in [-0.39, 0.29) is 5.97 Å². The standard InChI is InChI=1S/C7H7BrN2O2/c1-12-7(11)5-2-3-9-10-6(5)4-8/h2-3H,4H2,1H3. The third-order valence-electron chi connectivity index (χ3n) is 1.33. The normalized spacial score (nSPS) is 9.50. The van der Waals surface area contributed by atoms with Crippen molar-refractivity contribution < 1.29 is 9.53 Å². The molecule has 1 aromatic heterocycles. The number of halogens is 1. The first-order chi connectivity index (χ1) is 5.79. The molecule has 0 aliphatic rings. The van der Waals surface area contributed by atoms with E-state index in [4.69, 9.17) is 0 Å². The topological polar surface area (TPSA) is 52.1 Å². The van der Waals surface area contributed by atoms with Crippen LogP contribution in [0, 0.1) is 0 Å². The molecule has 0 amide bonds. The fourth-order valence-electron chi connectivity index (χ4n) is 0.755. The molecule has 0 aliphatic heterocycles. The summed E-state index contributed by atoms with van der Waals surface area (Å²) in [4.78, 5) is 11.1. The lowest BCUT2D eigenvalue weighted by Crippen LogP contribution is -2.06. The van der Waals surface area contributed by atoms with Crippen LogP contribution in [0.3, 0.4) is 0 Å². The summed E-state index contributed by atoms with van der Waals surface area (Å²) in [6, 6.07) is 1.58. The number of methoxy groups -OCH3 is 1. The van der Waals surface area contributed by atoms with Crippen LogP contribution in [-0.4, -0.2) is 23.3 Å². The predicted molar refractivity (Wildman–Crippen MR) is 46.0 cm³/mol. The van der Waals surface area contributed by atoms with Crippen molar-refractivity contribution in [1.82, 2.24) is 10.2 Å². The zero-order valence-corrected chi connectivity index (χ0v) is 8.04. The van der Waals surface area contributed by atoms with E-state index in [0.29, 0.717) is 16.6 Å². The van der Waals surface area contributed by atoms with Crippen molar-refractivity contribution in [1.29, 1.82) is 0 Å². The zero-order chi connectivity index (χ0) is 8.97. The summed E-state index contributed by atoms with van der Waals surface area (Å²) >= 11 is 3.20. The van der Waals surface area contributed by atoms with Gasteiger partial charge in [-0.15, -0.1) is 0 Å². The Balaban J connectivity index is 3.04. The second-order valence-electron chi connectivity index (χ2n) is 2.02. The Morgan fingerprint density at radius 3 is 3.08 bits per heavy atom. The first-order valence-corrected chi connectivity index (χ1v) is 4.36. The largest absolute Gasteiger partial charge is 0.465 e. The first kappa shape index (κ1) is 9.12. The molecule has 0 fully saturated rings. The van der Waals surface area contributed by atoms with Gasteiger partial charge in [-0.05, 0) is 6.07 Å². The van der Waals surface area contributed by atoms with E-state index < -0.39 is 0 Å². The number of carbonyl (C=O) groups is 1. The molecule has 1 rings (SSSR count). The van der Waals surface area contributed by atoms with Crippen LogP contribution in [-0.2, 0) is 10.1 Å². The van der Waals surface area contributed by atoms with E-state index in [2.05, 4.69) is 30.9 Å². The molecule has 0 radical (unpaired) electrons. The van der Waals surface area contributed by atoms with Gasteiger partial charge in [-0.2, -0.15) is 10.2 Å². The molecule has 64 valence electrons. The third-order valence-corrected chi connectivity index (χ3v) is 1.86. The Morgan fingerprint density at radius 1 is 1.75 bits per heavy atom. The summed E-state index contributed by atoms with van der Waals surface area (Å²) in [5.74, 6) is -0.389. The van der Waals surface area contributed by atoms with Crippen LogP contribution in [0.25, 0.3) is 0 Å². The summed E-state index contributed by atoms with van der Waals surface area (Å²) in [6.45, 7) is 0. The maximum atomic E-state index is 11.1. The average Bonchev–Trinajstić information content (AvgIpc) is 2.16. The second-order valence-corrected chi connectivity index (χ2v) is 2.58. The first-order valence-electron chi connectivity index (χ1n) is 3.24. The van der Waals surface area contributed by atoms with E-state index >= 15 is 0 Å². The Morgan fingerprint density at radius 2 is 2.50 bits per heavy atom. The highest BCUT2D eigenvalue weighted by Crippen LogP contribution is 2.08. The van der Waals surface area contributed by atoms with Crippen molar-refractivity contribution in [2.75, 3.05) is 7.11 Å². The molecule has 0 aromatic carbocycles. The molecule has 0 aliphatic carbocycles. The number of aromatic nitrogens is 2. The molecule has 1 heterocycles. The van der Waals surface area contributed by atoms with Gasteiger partial charge >= 0.3 is 5.97 Å². The highest BCUT2D eigenvalue weighted by atomic mass is 79.9. The van der Waals surface area contributed by atoms with Gasteiger partial charge < -0.3 is 4.74 Å². The number of rotatable bonds is 2. The van der Waals surface area contributed by atoms with Gasteiger partial charge in [-0.3, -0.25) is 0 Å². The van der Waals surface area contributed by atoms with Crippen LogP contribution in [0.15, 0.2) is 12.3 Å². The van der Waals surface area contributed by atoms with Gasteiger partial charge in [0.25, 0.3) is 0 Å². The third kappa shape index (κ3) is 1.79. The predicted octanol–water partition coefficient (Wildman–Crippen LogP) is 1.16. The van der Waals surface area contributed by atoms with Crippen molar-refractivity contribution in [2.45, 2.75) is 5.33 Å². The highest BCUT2D eigenvalue weighted by Gasteiger charge is 2.11. The van der Waals surface area contributed by atoms with Gasteiger partial charge in [0.1, 0.15) is 0 Å². The van der Waals surface area contributed by atoms with E-state index in [1.54, 1.807) is 6.07 Å².